The number of piperidine rings is 1. The molecule has 0 bridgehead atoms. The van der Waals surface area contributed by atoms with E-state index < -0.39 is 0 Å². The van der Waals surface area contributed by atoms with Gasteiger partial charge in [-0.05, 0) is 104 Å². The molecule has 3 aromatic carbocycles. The van der Waals surface area contributed by atoms with E-state index in [9.17, 15) is 9.59 Å². The molecule has 0 aromatic heterocycles. The first kappa shape index (κ1) is 28.4. The second-order valence-corrected chi connectivity index (χ2v) is 11.4. The summed E-state index contributed by atoms with van der Waals surface area (Å²) in [5, 5.41) is 12.3. The first-order chi connectivity index (χ1) is 19.9. The van der Waals surface area contributed by atoms with Crippen molar-refractivity contribution in [1.29, 1.82) is 5.26 Å². The summed E-state index contributed by atoms with van der Waals surface area (Å²) in [5.74, 6) is 0.891. The molecule has 5 rings (SSSR count). The molecule has 212 valence electrons. The first-order valence-electron chi connectivity index (χ1n) is 14.7. The highest BCUT2D eigenvalue weighted by atomic mass is 16.2. The molecule has 2 fully saturated rings. The van der Waals surface area contributed by atoms with Gasteiger partial charge in [0.1, 0.15) is 0 Å². The molecule has 1 aliphatic carbocycles. The van der Waals surface area contributed by atoms with E-state index in [-0.39, 0.29) is 17.7 Å². The summed E-state index contributed by atoms with van der Waals surface area (Å²) in [6.07, 6.45) is 4.99. The van der Waals surface area contributed by atoms with E-state index in [1.54, 1.807) is 24.3 Å². The molecule has 0 spiro atoms. The summed E-state index contributed by atoms with van der Waals surface area (Å²) in [5.41, 5.74) is 11.7. The maximum atomic E-state index is 13.3. The van der Waals surface area contributed by atoms with Crippen molar-refractivity contribution in [3.63, 3.8) is 0 Å². The Labute approximate surface area is 242 Å². The van der Waals surface area contributed by atoms with Crippen molar-refractivity contribution < 1.29 is 9.59 Å². The van der Waals surface area contributed by atoms with Crippen LogP contribution in [0.2, 0.25) is 0 Å². The molecule has 1 heterocycles. The van der Waals surface area contributed by atoms with Crippen molar-refractivity contribution in [2.45, 2.75) is 45.6 Å². The summed E-state index contributed by atoms with van der Waals surface area (Å²) in [6, 6.07) is 23.4. The number of benzene rings is 3. The molecule has 1 aliphatic heterocycles. The van der Waals surface area contributed by atoms with Gasteiger partial charge in [0.2, 0.25) is 5.91 Å². The Morgan fingerprint density at radius 1 is 1.00 bits per heavy atom. The van der Waals surface area contributed by atoms with Crippen LogP contribution >= 0.6 is 0 Å². The minimum atomic E-state index is -0.207. The Balaban J connectivity index is 1.42. The molecular weight excluding hydrogens is 510 g/mol. The van der Waals surface area contributed by atoms with Crippen molar-refractivity contribution in [3.05, 3.63) is 83.4 Å². The van der Waals surface area contributed by atoms with Crippen molar-refractivity contribution in [2.24, 2.45) is 17.6 Å². The predicted octanol–water partition coefficient (Wildman–Crippen LogP) is 5.80. The number of nitrogens with two attached hydrogens (primary N) is 1. The zero-order valence-electron chi connectivity index (χ0n) is 23.8. The summed E-state index contributed by atoms with van der Waals surface area (Å²) in [6.45, 7) is 5.98. The van der Waals surface area contributed by atoms with E-state index in [4.69, 9.17) is 11.0 Å². The van der Waals surface area contributed by atoms with Gasteiger partial charge in [-0.3, -0.25) is 9.59 Å². The fourth-order valence-electron chi connectivity index (χ4n) is 5.44. The summed E-state index contributed by atoms with van der Waals surface area (Å²) in [4.78, 5) is 30.5. The number of hydrogen-bond donors (Lipinski definition) is 2. The molecule has 1 saturated carbocycles. The molecular formula is C34H39N5O2. The first-order valence-corrected chi connectivity index (χ1v) is 14.7. The van der Waals surface area contributed by atoms with Crippen LogP contribution in [0.15, 0.2) is 66.7 Å². The topological polar surface area (TPSA) is 102 Å². The fraction of sp³-hybridized carbons (Fsp3) is 0.382. The third-order valence-electron chi connectivity index (χ3n) is 8.15. The minimum Gasteiger partial charge on any atom is -0.370 e. The average molecular weight is 550 g/mol. The van der Waals surface area contributed by atoms with Gasteiger partial charge in [-0.15, -0.1) is 0 Å². The summed E-state index contributed by atoms with van der Waals surface area (Å²) < 4.78 is 0. The van der Waals surface area contributed by atoms with E-state index in [1.165, 1.54) is 0 Å². The van der Waals surface area contributed by atoms with Crippen molar-refractivity contribution >= 4 is 23.2 Å². The van der Waals surface area contributed by atoms with Crippen LogP contribution in [0.25, 0.3) is 11.1 Å². The van der Waals surface area contributed by atoms with Gasteiger partial charge in [0.15, 0.2) is 0 Å². The second kappa shape index (κ2) is 13.0. The highest BCUT2D eigenvalue weighted by molar-refractivity contribution is 6.06. The molecule has 7 nitrogen and oxygen atoms in total. The van der Waals surface area contributed by atoms with Crippen LogP contribution in [-0.4, -0.2) is 42.9 Å². The Morgan fingerprint density at radius 3 is 2.41 bits per heavy atom. The molecule has 0 radical (unpaired) electrons. The van der Waals surface area contributed by atoms with Crippen LogP contribution in [-0.2, 0) is 11.3 Å². The maximum Gasteiger partial charge on any atom is 0.255 e. The Kier molecular flexibility index (Phi) is 9.01. The van der Waals surface area contributed by atoms with Crippen LogP contribution in [0.3, 0.4) is 0 Å². The van der Waals surface area contributed by atoms with Crippen molar-refractivity contribution in [1.82, 2.24) is 4.90 Å². The molecule has 3 aromatic rings. The second-order valence-electron chi connectivity index (χ2n) is 11.4. The number of anilines is 2. The largest absolute Gasteiger partial charge is 0.370 e. The molecule has 41 heavy (non-hydrogen) atoms. The van der Waals surface area contributed by atoms with E-state index in [0.29, 0.717) is 36.7 Å². The van der Waals surface area contributed by atoms with Crippen LogP contribution < -0.4 is 16.0 Å². The molecule has 7 heteroatoms. The van der Waals surface area contributed by atoms with E-state index in [2.05, 4.69) is 59.6 Å². The number of amides is 2. The molecule has 0 unspecified atom stereocenters. The average Bonchev–Trinajstić information content (AvgIpc) is 3.85. The zero-order chi connectivity index (χ0) is 28.8. The van der Waals surface area contributed by atoms with Gasteiger partial charge in [-0.2, -0.15) is 5.26 Å². The number of carbonyl (C=O) groups is 2. The quantitative estimate of drug-likeness (QED) is 0.333. The third kappa shape index (κ3) is 7.14. The number of nitrogens with zero attached hydrogens (tertiary/aromatic N) is 3. The van der Waals surface area contributed by atoms with Crippen molar-refractivity contribution in [3.8, 4) is 17.2 Å². The molecule has 1 saturated heterocycles. The predicted molar refractivity (Wildman–Crippen MR) is 163 cm³/mol. The molecule has 2 amide bonds. The number of nitriles is 1. The summed E-state index contributed by atoms with van der Waals surface area (Å²) in [7, 11) is 0. The molecule has 2 aliphatic rings. The van der Waals surface area contributed by atoms with Gasteiger partial charge in [-0.1, -0.05) is 31.2 Å². The van der Waals surface area contributed by atoms with Crippen molar-refractivity contribution in [2.75, 3.05) is 36.4 Å². The number of hydrogen-bond acceptors (Lipinski definition) is 5. The van der Waals surface area contributed by atoms with Crippen LogP contribution in [0.5, 0.6) is 0 Å². The lowest BCUT2D eigenvalue weighted by Gasteiger charge is -2.33. The highest BCUT2D eigenvalue weighted by Crippen LogP contribution is 2.35. The highest BCUT2D eigenvalue weighted by Gasteiger charge is 2.33. The van der Waals surface area contributed by atoms with Crippen LogP contribution in [0.4, 0.5) is 11.4 Å². The summed E-state index contributed by atoms with van der Waals surface area (Å²) >= 11 is 0. The molecule has 3 N–H and O–H groups in total. The normalized spacial score (nSPS) is 15.3. The van der Waals surface area contributed by atoms with E-state index >= 15 is 0 Å². The smallest absolute Gasteiger partial charge is 0.255 e. The van der Waals surface area contributed by atoms with E-state index in [0.717, 1.165) is 73.3 Å². The minimum absolute atomic E-state index is 0.170. The lowest BCUT2D eigenvalue weighted by Crippen LogP contribution is -2.33. The van der Waals surface area contributed by atoms with Gasteiger partial charge in [0.25, 0.3) is 5.91 Å². The van der Waals surface area contributed by atoms with Gasteiger partial charge >= 0.3 is 0 Å². The fourth-order valence-corrected chi connectivity index (χ4v) is 5.44. The van der Waals surface area contributed by atoms with Crippen LogP contribution in [0, 0.1) is 23.2 Å². The Hall–Kier alpha value is -4.15. The van der Waals surface area contributed by atoms with Crippen LogP contribution in [0.1, 0.15) is 60.5 Å². The number of carbonyl (C=O) groups excluding carboxylic acids is 2. The van der Waals surface area contributed by atoms with Gasteiger partial charge < -0.3 is 20.9 Å². The van der Waals surface area contributed by atoms with Gasteiger partial charge in [-0.25, -0.2) is 0 Å². The standard InChI is InChI=1S/C34H39N5O2/c1-24-14-18-38(19-15-24)32-13-12-30(21-31(32)37-33(40)27-8-6-25(22-36)7-9-27)29-5-2-4-26(20-29)23-39(17-3-16-35)34(41)28-10-11-28/h2,4-9,12-13,20-21,24,28H,3,10-11,14-19,23,35H2,1H3,(H,37,40). The lowest BCUT2D eigenvalue weighted by molar-refractivity contribution is -0.133. The SMILES string of the molecule is CC1CCN(c2ccc(-c3cccc(CN(CCCN)C(=O)C4CC4)c3)cc2NC(=O)c2ccc(C#N)cc2)CC1. The third-order valence-corrected chi connectivity index (χ3v) is 8.15. The Bertz CT molecular complexity index is 1420. The van der Waals surface area contributed by atoms with Gasteiger partial charge in [0, 0.05) is 37.7 Å². The van der Waals surface area contributed by atoms with E-state index in [1.807, 2.05) is 11.0 Å². The number of rotatable bonds is 10. The zero-order valence-corrected chi connectivity index (χ0v) is 23.8. The maximum absolute atomic E-state index is 13.3. The Morgan fingerprint density at radius 2 is 1.73 bits per heavy atom. The number of nitrogens with one attached hydrogen (secondary N) is 1. The lowest BCUT2D eigenvalue weighted by atomic mass is 9.97. The monoisotopic (exact) mass is 549 g/mol. The van der Waals surface area contributed by atoms with Gasteiger partial charge in [0.05, 0.1) is 23.0 Å². The molecule has 0 atom stereocenters.